The summed E-state index contributed by atoms with van der Waals surface area (Å²) in [5.74, 6) is 1.10. The fourth-order valence-electron chi connectivity index (χ4n) is 2.39. The third-order valence-corrected chi connectivity index (χ3v) is 3.52. The molecule has 2 heterocycles. The lowest BCUT2D eigenvalue weighted by molar-refractivity contribution is 0.417. The maximum Gasteiger partial charge on any atom is 0.318 e. The van der Waals surface area contributed by atoms with Gasteiger partial charge in [-0.3, -0.25) is 0 Å². The van der Waals surface area contributed by atoms with Crippen LogP contribution in [0.1, 0.15) is 19.3 Å². The molecule has 0 unspecified atom stereocenters. The summed E-state index contributed by atoms with van der Waals surface area (Å²) in [4.78, 5) is 2.13. The Hall–Kier alpha value is -2.24. The lowest BCUT2D eigenvalue weighted by atomic mass is 10.1. The van der Waals surface area contributed by atoms with Crippen LogP contribution in [0.25, 0.3) is 11.5 Å². The van der Waals surface area contributed by atoms with E-state index in [4.69, 9.17) is 14.9 Å². The summed E-state index contributed by atoms with van der Waals surface area (Å²) in [7, 11) is 1.59. The molecule has 106 valence electrons. The third-order valence-electron chi connectivity index (χ3n) is 3.52. The number of nitrogens with two attached hydrogens (primary N) is 1. The highest BCUT2D eigenvalue weighted by atomic mass is 16.5. The van der Waals surface area contributed by atoms with E-state index in [1.165, 1.54) is 19.3 Å². The van der Waals surface area contributed by atoms with Gasteiger partial charge < -0.3 is 19.8 Å². The Bertz CT molecular complexity index is 591. The maximum absolute atomic E-state index is 5.80. The standard InChI is InChI=1S/C14H18N4O2/c1-19-12-9-10(5-6-11(12)15)13-16-17-14(20-13)18-7-3-2-4-8-18/h5-6,9H,2-4,7-8,15H2,1H3. The smallest absolute Gasteiger partial charge is 0.318 e. The molecule has 0 atom stereocenters. The van der Waals surface area contributed by atoms with E-state index in [0.717, 1.165) is 18.7 Å². The zero-order valence-corrected chi connectivity index (χ0v) is 11.5. The predicted octanol–water partition coefficient (Wildman–Crippen LogP) is 2.32. The highest BCUT2D eigenvalue weighted by Gasteiger charge is 2.18. The number of rotatable bonds is 3. The highest BCUT2D eigenvalue weighted by molar-refractivity contribution is 5.64. The van der Waals surface area contributed by atoms with Gasteiger partial charge in [0.1, 0.15) is 5.75 Å². The molecule has 2 aromatic rings. The fourth-order valence-corrected chi connectivity index (χ4v) is 2.39. The summed E-state index contributed by atoms with van der Waals surface area (Å²) >= 11 is 0. The summed E-state index contributed by atoms with van der Waals surface area (Å²) in [6, 6.07) is 6.03. The highest BCUT2D eigenvalue weighted by Crippen LogP contribution is 2.29. The van der Waals surface area contributed by atoms with Crippen LogP contribution in [0.5, 0.6) is 5.75 Å². The lowest BCUT2D eigenvalue weighted by Gasteiger charge is -2.24. The molecule has 0 bridgehead atoms. The van der Waals surface area contributed by atoms with Crippen molar-refractivity contribution in [2.45, 2.75) is 19.3 Å². The Morgan fingerprint density at radius 1 is 1.20 bits per heavy atom. The second-order valence-electron chi connectivity index (χ2n) is 4.89. The van der Waals surface area contributed by atoms with Crippen LogP contribution >= 0.6 is 0 Å². The third kappa shape index (κ3) is 2.41. The van der Waals surface area contributed by atoms with Crippen molar-refractivity contribution >= 4 is 11.7 Å². The van der Waals surface area contributed by atoms with Crippen LogP contribution in [0.3, 0.4) is 0 Å². The van der Waals surface area contributed by atoms with Crippen molar-refractivity contribution in [3.05, 3.63) is 18.2 Å². The molecule has 0 radical (unpaired) electrons. The van der Waals surface area contributed by atoms with Crippen molar-refractivity contribution in [2.75, 3.05) is 30.8 Å². The summed E-state index contributed by atoms with van der Waals surface area (Å²) in [6.07, 6.45) is 3.62. The minimum atomic E-state index is 0.490. The van der Waals surface area contributed by atoms with Gasteiger partial charge in [-0.25, -0.2) is 0 Å². The average Bonchev–Trinajstić information content (AvgIpc) is 2.98. The van der Waals surface area contributed by atoms with Gasteiger partial charge in [-0.2, -0.15) is 0 Å². The van der Waals surface area contributed by atoms with Gasteiger partial charge >= 0.3 is 6.01 Å². The van der Waals surface area contributed by atoms with Crippen molar-refractivity contribution < 1.29 is 9.15 Å². The van der Waals surface area contributed by atoms with Crippen molar-refractivity contribution in [2.24, 2.45) is 0 Å². The van der Waals surface area contributed by atoms with E-state index in [1.807, 2.05) is 12.1 Å². The zero-order valence-electron chi connectivity index (χ0n) is 11.5. The first kappa shape index (κ1) is 12.8. The van der Waals surface area contributed by atoms with Crippen LogP contribution in [-0.2, 0) is 0 Å². The van der Waals surface area contributed by atoms with Crippen LogP contribution in [0.15, 0.2) is 22.6 Å². The number of nitrogens with zero attached hydrogens (tertiary/aromatic N) is 3. The van der Waals surface area contributed by atoms with E-state index in [0.29, 0.717) is 23.3 Å². The Kier molecular flexibility index (Phi) is 3.45. The van der Waals surface area contributed by atoms with Gasteiger partial charge in [-0.15, -0.1) is 5.10 Å². The van der Waals surface area contributed by atoms with Gasteiger partial charge in [0, 0.05) is 18.7 Å². The average molecular weight is 274 g/mol. The zero-order chi connectivity index (χ0) is 13.9. The molecular weight excluding hydrogens is 256 g/mol. The van der Waals surface area contributed by atoms with Crippen molar-refractivity contribution in [1.82, 2.24) is 10.2 Å². The topological polar surface area (TPSA) is 77.4 Å². The molecule has 1 fully saturated rings. The first-order chi connectivity index (χ1) is 9.78. The Balaban J connectivity index is 1.85. The minimum Gasteiger partial charge on any atom is -0.495 e. The number of methoxy groups -OCH3 is 1. The van der Waals surface area contributed by atoms with Gasteiger partial charge in [0.25, 0.3) is 0 Å². The first-order valence-electron chi connectivity index (χ1n) is 6.80. The summed E-state index contributed by atoms with van der Waals surface area (Å²) < 4.78 is 11.0. The Labute approximate surface area is 117 Å². The first-order valence-corrected chi connectivity index (χ1v) is 6.80. The summed E-state index contributed by atoms with van der Waals surface area (Å²) in [6.45, 7) is 1.96. The van der Waals surface area contributed by atoms with Gasteiger partial charge in [-0.05, 0) is 37.5 Å². The van der Waals surface area contributed by atoms with E-state index in [1.54, 1.807) is 13.2 Å². The van der Waals surface area contributed by atoms with Crippen LogP contribution in [0.2, 0.25) is 0 Å². The van der Waals surface area contributed by atoms with Gasteiger partial charge in [0.05, 0.1) is 12.8 Å². The van der Waals surface area contributed by atoms with Crippen LogP contribution < -0.4 is 15.4 Å². The molecule has 6 heteroatoms. The number of hydrogen-bond acceptors (Lipinski definition) is 6. The molecular formula is C14H18N4O2. The van der Waals surface area contributed by atoms with Crippen molar-refractivity contribution in [3.63, 3.8) is 0 Å². The second-order valence-corrected chi connectivity index (χ2v) is 4.89. The molecule has 0 aliphatic carbocycles. The molecule has 1 aliphatic rings. The molecule has 0 spiro atoms. The quantitative estimate of drug-likeness (QED) is 0.865. The molecule has 1 aromatic carbocycles. The largest absolute Gasteiger partial charge is 0.495 e. The molecule has 0 saturated carbocycles. The van der Waals surface area contributed by atoms with Crippen LogP contribution in [-0.4, -0.2) is 30.4 Å². The van der Waals surface area contributed by atoms with Crippen molar-refractivity contribution in [1.29, 1.82) is 0 Å². The number of hydrogen-bond donors (Lipinski definition) is 1. The maximum atomic E-state index is 5.80. The summed E-state index contributed by atoms with van der Waals surface area (Å²) in [5.41, 5.74) is 7.20. The van der Waals surface area contributed by atoms with E-state index < -0.39 is 0 Å². The van der Waals surface area contributed by atoms with Crippen LogP contribution in [0, 0.1) is 0 Å². The van der Waals surface area contributed by atoms with Gasteiger partial charge in [0.2, 0.25) is 5.89 Å². The Morgan fingerprint density at radius 2 is 2.00 bits per heavy atom. The van der Waals surface area contributed by atoms with Crippen LogP contribution in [0.4, 0.5) is 11.7 Å². The number of benzene rings is 1. The van der Waals surface area contributed by atoms with E-state index in [-0.39, 0.29) is 0 Å². The molecule has 6 nitrogen and oxygen atoms in total. The molecule has 1 aromatic heterocycles. The number of aromatic nitrogens is 2. The SMILES string of the molecule is COc1cc(-c2nnc(N3CCCCC3)o2)ccc1N. The number of piperidine rings is 1. The van der Waals surface area contributed by atoms with E-state index in [9.17, 15) is 0 Å². The fraction of sp³-hybridized carbons (Fsp3) is 0.429. The van der Waals surface area contributed by atoms with E-state index in [2.05, 4.69) is 15.1 Å². The summed E-state index contributed by atoms with van der Waals surface area (Å²) in [5, 5.41) is 8.24. The minimum absolute atomic E-state index is 0.490. The monoisotopic (exact) mass is 274 g/mol. The lowest BCUT2D eigenvalue weighted by Crippen LogP contribution is -2.29. The Morgan fingerprint density at radius 3 is 2.75 bits per heavy atom. The molecule has 1 aliphatic heterocycles. The van der Waals surface area contributed by atoms with E-state index >= 15 is 0 Å². The normalized spacial score (nSPS) is 15.3. The number of ether oxygens (including phenoxy) is 1. The second kappa shape index (κ2) is 5.40. The molecule has 2 N–H and O–H groups in total. The molecule has 3 rings (SSSR count). The number of nitrogen functional groups attached to an aromatic ring is 1. The van der Waals surface area contributed by atoms with Gasteiger partial charge in [-0.1, -0.05) is 5.10 Å². The predicted molar refractivity (Wildman–Crippen MR) is 76.8 cm³/mol. The van der Waals surface area contributed by atoms with Gasteiger partial charge in [0.15, 0.2) is 0 Å². The molecule has 0 amide bonds. The molecule has 20 heavy (non-hydrogen) atoms. The molecule has 1 saturated heterocycles. The number of anilines is 2. The van der Waals surface area contributed by atoms with Crippen molar-refractivity contribution in [3.8, 4) is 17.2 Å².